The molecule has 0 aromatic heterocycles. The number of aromatic hydroxyl groups is 1. The van der Waals surface area contributed by atoms with E-state index in [-0.39, 0.29) is 17.6 Å². The average molecular weight is 412 g/mol. The first kappa shape index (κ1) is 23.4. The van der Waals surface area contributed by atoms with E-state index in [0.29, 0.717) is 18.7 Å². The van der Waals surface area contributed by atoms with Gasteiger partial charge in [-0.3, -0.25) is 9.59 Å². The molecule has 0 heterocycles. The second kappa shape index (κ2) is 10.3. The van der Waals surface area contributed by atoms with Crippen LogP contribution in [0.1, 0.15) is 45.6 Å². The third-order valence-electron chi connectivity index (χ3n) is 4.91. The number of phenols is 1. The molecule has 1 atom stereocenters. The van der Waals surface area contributed by atoms with Gasteiger partial charge < -0.3 is 21.5 Å². The molecule has 0 aliphatic heterocycles. The Morgan fingerprint density at radius 1 is 1.10 bits per heavy atom. The molecule has 0 bridgehead atoms. The van der Waals surface area contributed by atoms with Crippen LogP contribution in [0.25, 0.3) is 11.1 Å². The first-order valence-electron chi connectivity index (χ1n) is 10.3. The average Bonchev–Trinajstić information content (AvgIpc) is 2.68. The predicted octanol–water partition coefficient (Wildman–Crippen LogP) is 3.97. The lowest BCUT2D eigenvalue weighted by Gasteiger charge is -2.24. The zero-order valence-electron chi connectivity index (χ0n) is 18.3. The maximum Gasteiger partial charge on any atom is 0.246 e. The van der Waals surface area contributed by atoms with Crippen molar-refractivity contribution in [3.8, 4) is 16.9 Å². The van der Waals surface area contributed by atoms with E-state index in [1.165, 1.54) is 0 Å². The second-order valence-electron chi connectivity index (χ2n) is 8.63. The molecule has 5 N–H and O–H groups in total. The van der Waals surface area contributed by atoms with Gasteiger partial charge in [-0.25, -0.2) is 0 Å². The summed E-state index contributed by atoms with van der Waals surface area (Å²) in [7, 11) is 0. The van der Waals surface area contributed by atoms with Gasteiger partial charge in [-0.1, -0.05) is 39.0 Å². The van der Waals surface area contributed by atoms with Crippen molar-refractivity contribution in [1.29, 1.82) is 0 Å². The number of anilines is 1. The van der Waals surface area contributed by atoms with Crippen molar-refractivity contribution in [2.75, 3.05) is 11.9 Å². The first-order valence-corrected chi connectivity index (χ1v) is 10.3. The Kier molecular flexibility index (Phi) is 8.00. The highest BCUT2D eigenvalue weighted by Crippen LogP contribution is 2.29. The van der Waals surface area contributed by atoms with Gasteiger partial charge in [-0.05, 0) is 73.7 Å². The molecule has 0 unspecified atom stereocenters. The van der Waals surface area contributed by atoms with E-state index < -0.39 is 11.5 Å². The number of nitrogens with one attached hydrogen (secondary N) is 2. The van der Waals surface area contributed by atoms with E-state index in [0.717, 1.165) is 29.5 Å². The molecule has 6 heteroatoms. The van der Waals surface area contributed by atoms with Gasteiger partial charge in [0, 0.05) is 11.1 Å². The molecule has 0 aliphatic rings. The summed E-state index contributed by atoms with van der Waals surface area (Å²) in [5.41, 5.74) is 8.44. The van der Waals surface area contributed by atoms with E-state index in [2.05, 4.69) is 10.6 Å². The number of carbonyl (C=O) groups excluding carboxylic acids is 2. The van der Waals surface area contributed by atoms with Gasteiger partial charge in [-0.2, -0.15) is 0 Å². The summed E-state index contributed by atoms with van der Waals surface area (Å²) in [6.07, 6.45) is 2.07. The Labute approximate surface area is 178 Å². The van der Waals surface area contributed by atoms with Gasteiger partial charge >= 0.3 is 0 Å². The number of nitrogens with two attached hydrogens (primary N) is 1. The van der Waals surface area contributed by atoms with Crippen LogP contribution in [0, 0.1) is 12.3 Å². The topological polar surface area (TPSA) is 104 Å². The minimum absolute atomic E-state index is 0.167. The van der Waals surface area contributed by atoms with Crippen molar-refractivity contribution in [3.63, 3.8) is 0 Å². The standard InChI is InChI=1S/C24H33N3O3/c1-16-11-12-18(15-20(16)17-8-7-9-19(28)14-17)26-22(29)21(10-5-6-13-25)27-23(30)24(2,3)4/h7-9,11-12,14-15,21,28H,5-6,10,13,25H2,1-4H3,(H,26,29)(H,27,30)/t21-/m0/s1. The Balaban J connectivity index is 2.21. The molecule has 0 saturated carbocycles. The predicted molar refractivity (Wildman–Crippen MR) is 121 cm³/mol. The first-order chi connectivity index (χ1) is 14.1. The minimum atomic E-state index is -0.631. The number of hydrogen-bond donors (Lipinski definition) is 4. The summed E-state index contributed by atoms with van der Waals surface area (Å²) in [5, 5.41) is 15.6. The molecule has 0 aliphatic carbocycles. The van der Waals surface area contributed by atoms with E-state index in [9.17, 15) is 14.7 Å². The summed E-state index contributed by atoms with van der Waals surface area (Å²) < 4.78 is 0. The molecule has 6 nitrogen and oxygen atoms in total. The van der Waals surface area contributed by atoms with Crippen LogP contribution in [0.3, 0.4) is 0 Å². The molecule has 2 aromatic rings. The number of aryl methyl sites for hydroxylation is 1. The molecule has 2 aromatic carbocycles. The molecular formula is C24H33N3O3. The van der Waals surface area contributed by atoms with Crippen molar-refractivity contribution < 1.29 is 14.7 Å². The molecule has 162 valence electrons. The van der Waals surface area contributed by atoms with Crippen LogP contribution in [0.4, 0.5) is 5.69 Å². The van der Waals surface area contributed by atoms with Crippen LogP contribution in [0.15, 0.2) is 42.5 Å². The molecule has 30 heavy (non-hydrogen) atoms. The number of carbonyl (C=O) groups is 2. The maximum atomic E-state index is 13.0. The number of unbranched alkanes of at least 4 members (excludes halogenated alkanes) is 1. The Bertz CT molecular complexity index is 888. The largest absolute Gasteiger partial charge is 0.508 e. The van der Waals surface area contributed by atoms with Gasteiger partial charge in [-0.15, -0.1) is 0 Å². The fourth-order valence-electron chi connectivity index (χ4n) is 3.05. The molecule has 2 amide bonds. The van der Waals surface area contributed by atoms with Crippen LogP contribution in [0.2, 0.25) is 0 Å². The summed E-state index contributed by atoms with van der Waals surface area (Å²) >= 11 is 0. The monoisotopic (exact) mass is 411 g/mol. The maximum absolute atomic E-state index is 13.0. The van der Waals surface area contributed by atoms with Crippen molar-refractivity contribution in [3.05, 3.63) is 48.0 Å². The van der Waals surface area contributed by atoms with Crippen LogP contribution in [-0.4, -0.2) is 29.5 Å². The Morgan fingerprint density at radius 3 is 2.47 bits per heavy atom. The number of benzene rings is 2. The fourth-order valence-corrected chi connectivity index (χ4v) is 3.05. The summed E-state index contributed by atoms with van der Waals surface area (Å²) in [6, 6.07) is 12.0. The summed E-state index contributed by atoms with van der Waals surface area (Å²) in [6.45, 7) is 7.98. The van der Waals surface area contributed by atoms with Gasteiger partial charge in [0.2, 0.25) is 11.8 Å². The smallest absolute Gasteiger partial charge is 0.246 e. The molecule has 0 spiro atoms. The SMILES string of the molecule is Cc1ccc(NC(=O)[C@H](CCCCN)NC(=O)C(C)(C)C)cc1-c1cccc(O)c1. The third-order valence-corrected chi connectivity index (χ3v) is 4.91. The van der Waals surface area contributed by atoms with E-state index in [1.54, 1.807) is 18.2 Å². The zero-order chi connectivity index (χ0) is 22.3. The minimum Gasteiger partial charge on any atom is -0.508 e. The third kappa shape index (κ3) is 6.59. The number of hydrogen-bond acceptors (Lipinski definition) is 4. The normalized spacial score (nSPS) is 12.3. The lowest BCUT2D eigenvalue weighted by atomic mass is 9.94. The second-order valence-corrected chi connectivity index (χ2v) is 8.63. The number of rotatable bonds is 8. The van der Waals surface area contributed by atoms with E-state index in [1.807, 2.05) is 52.0 Å². The highest BCUT2D eigenvalue weighted by Gasteiger charge is 2.27. The number of phenolic OH excluding ortho intramolecular Hbond substituents is 1. The Morgan fingerprint density at radius 2 is 1.83 bits per heavy atom. The molecule has 0 saturated heterocycles. The quantitative estimate of drug-likeness (QED) is 0.493. The van der Waals surface area contributed by atoms with Crippen LogP contribution in [-0.2, 0) is 9.59 Å². The van der Waals surface area contributed by atoms with Crippen molar-refractivity contribution in [1.82, 2.24) is 5.32 Å². The van der Waals surface area contributed by atoms with Crippen LogP contribution in [0.5, 0.6) is 5.75 Å². The summed E-state index contributed by atoms with van der Waals surface area (Å²) in [4.78, 5) is 25.4. The van der Waals surface area contributed by atoms with Gasteiger partial charge in [0.15, 0.2) is 0 Å². The number of amides is 2. The van der Waals surface area contributed by atoms with E-state index >= 15 is 0 Å². The summed E-state index contributed by atoms with van der Waals surface area (Å²) in [5.74, 6) is -0.235. The highest BCUT2D eigenvalue weighted by molar-refractivity contribution is 5.98. The zero-order valence-corrected chi connectivity index (χ0v) is 18.3. The fraction of sp³-hybridized carbons (Fsp3) is 0.417. The van der Waals surface area contributed by atoms with E-state index in [4.69, 9.17) is 5.73 Å². The van der Waals surface area contributed by atoms with Gasteiger partial charge in [0.05, 0.1) is 0 Å². The molecule has 0 radical (unpaired) electrons. The molecule has 2 rings (SSSR count). The lowest BCUT2D eigenvalue weighted by molar-refractivity contribution is -0.132. The molecule has 0 fully saturated rings. The highest BCUT2D eigenvalue weighted by atomic mass is 16.3. The van der Waals surface area contributed by atoms with Crippen molar-refractivity contribution in [2.24, 2.45) is 11.1 Å². The van der Waals surface area contributed by atoms with Crippen LogP contribution < -0.4 is 16.4 Å². The van der Waals surface area contributed by atoms with Crippen molar-refractivity contribution in [2.45, 2.75) is 53.0 Å². The van der Waals surface area contributed by atoms with Gasteiger partial charge in [0.25, 0.3) is 0 Å². The van der Waals surface area contributed by atoms with Gasteiger partial charge in [0.1, 0.15) is 11.8 Å². The van der Waals surface area contributed by atoms with Crippen LogP contribution >= 0.6 is 0 Å². The lowest BCUT2D eigenvalue weighted by Crippen LogP contribution is -2.47. The van der Waals surface area contributed by atoms with Crippen molar-refractivity contribution >= 4 is 17.5 Å². The molecular weight excluding hydrogens is 378 g/mol. The Hall–Kier alpha value is -2.86.